The third kappa shape index (κ3) is 4.83. The fourth-order valence-electron chi connectivity index (χ4n) is 2.31. The Morgan fingerprint density at radius 3 is 2.25 bits per heavy atom. The summed E-state index contributed by atoms with van der Waals surface area (Å²) in [6, 6.07) is 4.23. The molecule has 0 bridgehead atoms. The topological polar surface area (TPSA) is 12.5 Å². The average molecular weight is 240 g/mol. The van der Waals surface area contributed by atoms with Crippen LogP contribution in [-0.4, -0.2) is 20.8 Å². The molecule has 1 unspecified atom stereocenters. The summed E-state index contributed by atoms with van der Waals surface area (Å²) >= 11 is 0. The average Bonchev–Trinajstić information content (AvgIpc) is 3.13. The van der Waals surface area contributed by atoms with Gasteiger partial charge >= 0.3 is 0 Å². The largest absolute Gasteiger partial charge is 0.373 e. The van der Waals surface area contributed by atoms with Gasteiger partial charge < -0.3 is 4.74 Å². The second-order valence-corrected chi connectivity index (χ2v) is 10.2. The summed E-state index contributed by atoms with van der Waals surface area (Å²) in [5.74, 6) is 0. The molecular weight excluding hydrogens is 212 g/mol. The standard InChI is InChI=1S/C14H28OSi/c1-4-16(5-2,6-3)12-10-8-7-9-11-14-13-15-14/h10,12,14H,4-9,11,13H2,1-3H3/b12-10+. The number of hydrogen-bond donors (Lipinski definition) is 0. The van der Waals surface area contributed by atoms with Crippen molar-refractivity contribution in [2.75, 3.05) is 6.61 Å². The van der Waals surface area contributed by atoms with Crippen LogP contribution in [0, 0.1) is 0 Å². The first-order chi connectivity index (χ1) is 7.76. The second-order valence-electron chi connectivity index (χ2n) is 5.07. The number of rotatable bonds is 9. The molecule has 1 aliphatic rings. The third-order valence-electron chi connectivity index (χ3n) is 4.13. The van der Waals surface area contributed by atoms with Crippen LogP contribution < -0.4 is 0 Å². The number of ether oxygens (including phenoxy) is 1. The molecule has 1 nitrogen and oxygen atoms in total. The van der Waals surface area contributed by atoms with Gasteiger partial charge in [0.25, 0.3) is 0 Å². The van der Waals surface area contributed by atoms with E-state index < -0.39 is 8.07 Å². The molecule has 0 aliphatic carbocycles. The van der Waals surface area contributed by atoms with Crippen LogP contribution in [0.4, 0.5) is 0 Å². The minimum atomic E-state index is -0.992. The Bertz CT molecular complexity index is 197. The van der Waals surface area contributed by atoms with Crippen LogP contribution in [0.5, 0.6) is 0 Å². The Balaban J connectivity index is 2.12. The summed E-state index contributed by atoms with van der Waals surface area (Å²) in [5.41, 5.74) is 2.61. The molecule has 0 amide bonds. The first kappa shape index (κ1) is 14.0. The van der Waals surface area contributed by atoms with E-state index in [1.807, 2.05) is 0 Å². The minimum absolute atomic E-state index is 0.624. The van der Waals surface area contributed by atoms with E-state index in [4.69, 9.17) is 4.74 Å². The van der Waals surface area contributed by atoms with Crippen molar-refractivity contribution in [2.45, 2.75) is 70.7 Å². The Morgan fingerprint density at radius 2 is 1.75 bits per heavy atom. The van der Waals surface area contributed by atoms with Crippen molar-refractivity contribution < 1.29 is 4.74 Å². The summed E-state index contributed by atoms with van der Waals surface area (Å²) in [5, 5.41) is 0. The van der Waals surface area contributed by atoms with Crippen LogP contribution in [0.1, 0.15) is 46.5 Å². The van der Waals surface area contributed by atoms with Gasteiger partial charge in [0.05, 0.1) is 20.8 Å². The molecule has 1 aliphatic heterocycles. The zero-order chi connectivity index (χ0) is 11.9. The van der Waals surface area contributed by atoms with Crippen LogP contribution in [0.2, 0.25) is 18.1 Å². The Kier molecular flexibility index (Phi) is 6.36. The second kappa shape index (κ2) is 7.28. The van der Waals surface area contributed by atoms with Crippen molar-refractivity contribution in [1.29, 1.82) is 0 Å². The van der Waals surface area contributed by atoms with Crippen LogP contribution >= 0.6 is 0 Å². The van der Waals surface area contributed by atoms with Crippen molar-refractivity contribution in [3.05, 3.63) is 11.8 Å². The summed E-state index contributed by atoms with van der Waals surface area (Å²) in [4.78, 5) is 0. The predicted molar refractivity (Wildman–Crippen MR) is 74.5 cm³/mol. The summed E-state index contributed by atoms with van der Waals surface area (Å²) in [6.45, 7) is 8.13. The lowest BCUT2D eigenvalue weighted by molar-refractivity contribution is 0.390. The van der Waals surface area contributed by atoms with E-state index in [1.54, 1.807) is 0 Å². The van der Waals surface area contributed by atoms with Crippen LogP contribution in [0.3, 0.4) is 0 Å². The zero-order valence-electron chi connectivity index (χ0n) is 11.3. The van der Waals surface area contributed by atoms with E-state index in [9.17, 15) is 0 Å². The minimum Gasteiger partial charge on any atom is -0.373 e. The molecule has 94 valence electrons. The fraction of sp³-hybridized carbons (Fsp3) is 0.857. The molecule has 1 atom stereocenters. The predicted octanol–water partition coefficient (Wildman–Crippen LogP) is 4.55. The van der Waals surface area contributed by atoms with Gasteiger partial charge in [-0.2, -0.15) is 0 Å². The maximum absolute atomic E-state index is 5.21. The highest BCUT2D eigenvalue weighted by molar-refractivity contribution is 6.84. The Morgan fingerprint density at radius 1 is 1.12 bits per heavy atom. The van der Waals surface area contributed by atoms with Crippen molar-refractivity contribution in [3.63, 3.8) is 0 Å². The molecule has 16 heavy (non-hydrogen) atoms. The molecule has 0 N–H and O–H groups in total. The molecule has 0 saturated carbocycles. The van der Waals surface area contributed by atoms with Crippen molar-refractivity contribution in [3.8, 4) is 0 Å². The smallest absolute Gasteiger partial charge is 0.0810 e. The van der Waals surface area contributed by atoms with Gasteiger partial charge in [0.1, 0.15) is 0 Å². The molecule has 1 rings (SSSR count). The zero-order valence-corrected chi connectivity index (χ0v) is 12.3. The highest BCUT2D eigenvalue weighted by Gasteiger charge is 2.22. The maximum atomic E-state index is 5.21. The molecule has 0 radical (unpaired) electrons. The first-order valence-electron chi connectivity index (χ1n) is 7.05. The molecule has 0 aromatic rings. The summed E-state index contributed by atoms with van der Waals surface area (Å²) < 4.78 is 5.21. The van der Waals surface area contributed by atoms with Gasteiger partial charge in [0, 0.05) is 0 Å². The van der Waals surface area contributed by atoms with Gasteiger partial charge in [0.2, 0.25) is 0 Å². The van der Waals surface area contributed by atoms with E-state index in [0.29, 0.717) is 6.10 Å². The van der Waals surface area contributed by atoms with Crippen LogP contribution in [0.15, 0.2) is 11.8 Å². The van der Waals surface area contributed by atoms with E-state index >= 15 is 0 Å². The molecule has 2 heteroatoms. The molecule has 1 fully saturated rings. The number of unbranched alkanes of at least 4 members (excludes halogenated alkanes) is 2. The van der Waals surface area contributed by atoms with E-state index in [2.05, 4.69) is 32.5 Å². The lowest BCUT2D eigenvalue weighted by Gasteiger charge is -2.23. The highest BCUT2D eigenvalue weighted by Crippen LogP contribution is 2.22. The van der Waals surface area contributed by atoms with Gasteiger partial charge in [-0.3, -0.25) is 0 Å². The van der Waals surface area contributed by atoms with E-state index in [0.717, 1.165) is 6.61 Å². The molecular formula is C14H28OSi. The van der Waals surface area contributed by atoms with Crippen molar-refractivity contribution in [1.82, 2.24) is 0 Å². The Hall–Kier alpha value is -0.0831. The molecule has 1 saturated heterocycles. The van der Waals surface area contributed by atoms with Crippen LogP contribution in [0.25, 0.3) is 0 Å². The van der Waals surface area contributed by atoms with E-state index in [-0.39, 0.29) is 0 Å². The monoisotopic (exact) mass is 240 g/mol. The normalized spacial score (nSPS) is 20.6. The van der Waals surface area contributed by atoms with Gasteiger partial charge in [-0.05, 0) is 19.3 Å². The molecule has 0 aromatic carbocycles. The van der Waals surface area contributed by atoms with Crippen molar-refractivity contribution >= 4 is 8.07 Å². The molecule has 1 heterocycles. The van der Waals surface area contributed by atoms with E-state index in [1.165, 1.54) is 43.8 Å². The first-order valence-corrected chi connectivity index (χ1v) is 9.75. The lowest BCUT2D eigenvalue weighted by atomic mass is 10.1. The number of allylic oxidation sites excluding steroid dienone is 1. The van der Waals surface area contributed by atoms with Gasteiger partial charge in [-0.25, -0.2) is 0 Å². The third-order valence-corrected chi connectivity index (χ3v) is 9.30. The maximum Gasteiger partial charge on any atom is 0.0810 e. The number of hydrogen-bond acceptors (Lipinski definition) is 1. The quantitative estimate of drug-likeness (QED) is 0.327. The van der Waals surface area contributed by atoms with Crippen LogP contribution in [-0.2, 0) is 4.74 Å². The Labute approximate surface area is 102 Å². The molecule has 0 spiro atoms. The van der Waals surface area contributed by atoms with Crippen molar-refractivity contribution in [2.24, 2.45) is 0 Å². The summed E-state index contributed by atoms with van der Waals surface area (Å²) in [6.07, 6.45) is 8.34. The fourth-order valence-corrected chi connectivity index (χ4v) is 5.18. The summed E-state index contributed by atoms with van der Waals surface area (Å²) in [7, 11) is -0.992. The van der Waals surface area contributed by atoms with Gasteiger partial charge in [-0.1, -0.05) is 57.1 Å². The van der Waals surface area contributed by atoms with Gasteiger partial charge in [-0.15, -0.1) is 0 Å². The highest BCUT2D eigenvalue weighted by atomic mass is 28.3. The van der Waals surface area contributed by atoms with Gasteiger partial charge in [0.15, 0.2) is 0 Å². The molecule has 0 aromatic heterocycles. The lowest BCUT2D eigenvalue weighted by Crippen LogP contribution is -2.28. The number of epoxide rings is 1. The SMILES string of the molecule is CC[Si](/C=C/CCCCC1CO1)(CC)CC.